The van der Waals surface area contributed by atoms with Crippen molar-refractivity contribution in [3.8, 4) is 11.3 Å². The Balaban J connectivity index is 2.19. The average molecular weight is 306 g/mol. The third-order valence-electron chi connectivity index (χ3n) is 4.51. The fraction of sp³-hybridized carbons (Fsp3) is 0.150. The highest BCUT2D eigenvalue weighted by Gasteiger charge is 2.21. The van der Waals surface area contributed by atoms with Gasteiger partial charge in [-0.3, -0.25) is 0 Å². The summed E-state index contributed by atoms with van der Waals surface area (Å²) in [6.45, 7) is 3.83. The van der Waals surface area contributed by atoms with Crippen molar-refractivity contribution in [2.24, 2.45) is 7.05 Å². The molecule has 0 spiro atoms. The molecule has 0 radical (unpaired) electrons. The molecule has 0 amide bonds. The van der Waals surface area contributed by atoms with Crippen LogP contribution in [-0.2, 0) is 7.05 Å². The van der Waals surface area contributed by atoms with E-state index in [1.165, 1.54) is 6.07 Å². The number of pyridine rings is 1. The highest BCUT2D eigenvalue weighted by Crippen LogP contribution is 2.38. The van der Waals surface area contributed by atoms with Crippen molar-refractivity contribution in [2.45, 2.75) is 13.8 Å². The minimum atomic E-state index is -0.236. The molecule has 0 bridgehead atoms. The van der Waals surface area contributed by atoms with E-state index in [9.17, 15) is 4.39 Å². The molecule has 2 heterocycles. The third kappa shape index (κ3) is 1.96. The van der Waals surface area contributed by atoms with Gasteiger partial charge in [-0.1, -0.05) is 12.1 Å². The van der Waals surface area contributed by atoms with E-state index in [-0.39, 0.29) is 5.82 Å². The summed E-state index contributed by atoms with van der Waals surface area (Å²) in [6.07, 6.45) is 2.02. The molecule has 0 aliphatic carbocycles. The Hall–Kier alpha value is -2.68. The molecule has 0 saturated carbocycles. The number of halogens is 1. The highest BCUT2D eigenvalue weighted by molar-refractivity contribution is 6.10. The number of rotatable bonds is 1. The van der Waals surface area contributed by atoms with Crippen molar-refractivity contribution in [3.63, 3.8) is 0 Å². The summed E-state index contributed by atoms with van der Waals surface area (Å²) in [7, 11) is 2.02. The van der Waals surface area contributed by atoms with Crippen LogP contribution in [0.5, 0.6) is 0 Å². The Kier molecular flexibility index (Phi) is 2.98. The molecule has 0 N–H and O–H groups in total. The van der Waals surface area contributed by atoms with Gasteiger partial charge in [-0.15, -0.1) is 0 Å². The van der Waals surface area contributed by atoms with Crippen molar-refractivity contribution in [1.82, 2.24) is 0 Å². The lowest BCUT2D eigenvalue weighted by molar-refractivity contribution is -0.660. The summed E-state index contributed by atoms with van der Waals surface area (Å²) >= 11 is 0. The molecule has 4 rings (SSSR count). The molecule has 0 saturated heterocycles. The zero-order valence-electron chi connectivity index (χ0n) is 13.4. The molecule has 4 aromatic rings. The van der Waals surface area contributed by atoms with Gasteiger partial charge in [0.2, 0.25) is 5.69 Å². The topological polar surface area (TPSA) is 17.0 Å². The molecule has 114 valence electrons. The normalized spacial score (nSPS) is 11.5. The van der Waals surface area contributed by atoms with Crippen LogP contribution < -0.4 is 4.57 Å². The average Bonchev–Trinajstić information content (AvgIpc) is 2.91. The Morgan fingerprint density at radius 1 is 0.913 bits per heavy atom. The molecule has 0 aliphatic rings. The Bertz CT molecular complexity index is 1060. The Labute approximate surface area is 133 Å². The molecular formula is C20H17FNO+. The quantitative estimate of drug-likeness (QED) is 0.460. The number of aryl methyl sites for hydroxylation is 3. The Morgan fingerprint density at radius 2 is 1.65 bits per heavy atom. The van der Waals surface area contributed by atoms with Crippen molar-refractivity contribution in [2.75, 3.05) is 0 Å². The predicted octanol–water partition coefficient (Wildman–Crippen LogP) is 4.83. The molecule has 0 unspecified atom stereocenters. The zero-order chi connectivity index (χ0) is 16.1. The van der Waals surface area contributed by atoms with Crippen molar-refractivity contribution in [3.05, 3.63) is 65.6 Å². The van der Waals surface area contributed by atoms with E-state index in [0.717, 1.165) is 33.2 Å². The fourth-order valence-corrected chi connectivity index (χ4v) is 3.21. The molecule has 0 fully saturated rings. The molecule has 2 nitrogen and oxygen atoms in total. The van der Waals surface area contributed by atoms with E-state index in [2.05, 4.69) is 29.7 Å². The number of aromatic nitrogens is 1. The van der Waals surface area contributed by atoms with Gasteiger partial charge in [0.1, 0.15) is 24.0 Å². The van der Waals surface area contributed by atoms with Crippen LogP contribution in [-0.4, -0.2) is 0 Å². The maximum atomic E-state index is 13.9. The second kappa shape index (κ2) is 4.92. The van der Waals surface area contributed by atoms with Gasteiger partial charge in [-0.2, -0.15) is 0 Å². The first kappa shape index (κ1) is 13.9. The monoisotopic (exact) mass is 306 g/mol. The third-order valence-corrected chi connectivity index (χ3v) is 4.51. The molecule has 23 heavy (non-hydrogen) atoms. The summed E-state index contributed by atoms with van der Waals surface area (Å²) in [5.41, 5.74) is 5.27. The van der Waals surface area contributed by atoms with Gasteiger partial charge in [0.15, 0.2) is 6.20 Å². The number of hydrogen-bond donors (Lipinski definition) is 0. The van der Waals surface area contributed by atoms with E-state index in [1.54, 1.807) is 13.0 Å². The fourth-order valence-electron chi connectivity index (χ4n) is 3.21. The first-order valence-electron chi connectivity index (χ1n) is 7.64. The van der Waals surface area contributed by atoms with Crippen LogP contribution in [0.2, 0.25) is 0 Å². The summed E-state index contributed by atoms with van der Waals surface area (Å²) in [5, 5.41) is 1.98. The lowest BCUT2D eigenvalue weighted by Gasteiger charge is -2.04. The van der Waals surface area contributed by atoms with Gasteiger partial charge >= 0.3 is 0 Å². The maximum Gasteiger partial charge on any atom is 0.216 e. The molecule has 0 aliphatic heterocycles. The number of furan rings is 1. The summed E-state index contributed by atoms with van der Waals surface area (Å²) in [5.74, 6) is -0.236. The number of fused-ring (bicyclic) bond motifs is 3. The van der Waals surface area contributed by atoms with Gasteiger partial charge in [-0.05, 0) is 37.6 Å². The molecule has 2 aromatic carbocycles. The van der Waals surface area contributed by atoms with Gasteiger partial charge in [-0.25, -0.2) is 8.96 Å². The first-order chi connectivity index (χ1) is 11.1. The zero-order valence-corrected chi connectivity index (χ0v) is 13.4. The van der Waals surface area contributed by atoms with Crippen molar-refractivity contribution < 1.29 is 13.4 Å². The van der Waals surface area contributed by atoms with Crippen LogP contribution >= 0.6 is 0 Å². The maximum absolute atomic E-state index is 13.9. The smallest absolute Gasteiger partial charge is 0.216 e. The van der Waals surface area contributed by atoms with Gasteiger partial charge in [0, 0.05) is 28.5 Å². The van der Waals surface area contributed by atoms with Gasteiger partial charge in [0.05, 0.1) is 5.56 Å². The lowest BCUT2D eigenvalue weighted by atomic mass is 10.0. The minimum Gasteiger partial charge on any atom is -0.455 e. The largest absolute Gasteiger partial charge is 0.455 e. The highest BCUT2D eigenvalue weighted by atomic mass is 19.1. The van der Waals surface area contributed by atoms with E-state index < -0.39 is 0 Å². The second-order valence-corrected chi connectivity index (χ2v) is 5.98. The first-order valence-corrected chi connectivity index (χ1v) is 7.64. The van der Waals surface area contributed by atoms with E-state index >= 15 is 0 Å². The second-order valence-electron chi connectivity index (χ2n) is 5.98. The van der Waals surface area contributed by atoms with Crippen LogP contribution in [0.15, 0.2) is 53.1 Å². The minimum absolute atomic E-state index is 0.236. The molecule has 2 aromatic heterocycles. The van der Waals surface area contributed by atoms with Crippen LogP contribution in [0.3, 0.4) is 0 Å². The molecule has 3 heteroatoms. The van der Waals surface area contributed by atoms with Crippen LogP contribution in [0.4, 0.5) is 4.39 Å². The summed E-state index contributed by atoms with van der Waals surface area (Å²) in [4.78, 5) is 0. The van der Waals surface area contributed by atoms with Gasteiger partial charge < -0.3 is 4.42 Å². The van der Waals surface area contributed by atoms with E-state index in [1.807, 2.05) is 25.4 Å². The predicted molar refractivity (Wildman–Crippen MR) is 89.8 cm³/mol. The lowest BCUT2D eigenvalue weighted by Crippen LogP contribution is -2.30. The number of nitrogens with zero attached hydrogens (tertiary/aromatic N) is 1. The number of hydrogen-bond acceptors (Lipinski definition) is 1. The van der Waals surface area contributed by atoms with Crippen LogP contribution in [0, 0.1) is 19.7 Å². The molecule has 0 atom stereocenters. The molecular weight excluding hydrogens is 289 g/mol. The van der Waals surface area contributed by atoms with Crippen LogP contribution in [0.1, 0.15) is 11.1 Å². The standard InChI is InChI=1S/C20H17FNO/c1-12-7-8-15-14-9-10-16(21)13(2)19(14)23-20(15)18(12)17-6-4-5-11-22(17)3/h4-11H,1-3H3/q+1. The summed E-state index contributed by atoms with van der Waals surface area (Å²) < 4.78 is 22.1. The summed E-state index contributed by atoms with van der Waals surface area (Å²) in [6, 6.07) is 13.5. The van der Waals surface area contributed by atoms with Crippen LogP contribution in [0.25, 0.3) is 33.2 Å². The SMILES string of the molecule is Cc1ccc2c(oc3c(C)c(F)ccc32)c1-c1cccc[n+]1C. The van der Waals surface area contributed by atoms with Crippen molar-refractivity contribution in [1.29, 1.82) is 0 Å². The number of benzene rings is 2. The van der Waals surface area contributed by atoms with E-state index in [4.69, 9.17) is 4.42 Å². The van der Waals surface area contributed by atoms with E-state index in [0.29, 0.717) is 11.1 Å². The Morgan fingerprint density at radius 3 is 2.43 bits per heavy atom. The van der Waals surface area contributed by atoms with Crippen molar-refractivity contribution >= 4 is 21.9 Å². The van der Waals surface area contributed by atoms with Gasteiger partial charge in [0.25, 0.3) is 0 Å².